The molecule has 1 aromatic rings. The number of nitro benzene ring substituents is 1. The summed E-state index contributed by atoms with van der Waals surface area (Å²) in [6, 6.07) is 1.92. The number of likely N-dealkylation sites (N-methyl/N-ethyl adjacent to an activating group) is 1. The maximum atomic E-state index is 13.7. The van der Waals surface area contributed by atoms with Crippen LogP contribution in [0.1, 0.15) is 12.5 Å². The number of nitro groups is 1. The van der Waals surface area contributed by atoms with Gasteiger partial charge in [-0.1, -0.05) is 0 Å². The fourth-order valence-corrected chi connectivity index (χ4v) is 1.41. The van der Waals surface area contributed by atoms with Gasteiger partial charge >= 0.3 is 5.97 Å². The summed E-state index contributed by atoms with van der Waals surface area (Å²) in [5.74, 6) is -2.29. The molecule has 0 saturated carbocycles. The molecule has 0 radical (unpaired) electrons. The third kappa shape index (κ3) is 3.21. The molecule has 0 saturated heterocycles. The molecule has 0 aliphatic carbocycles. The molecule has 1 unspecified atom stereocenters. The van der Waals surface area contributed by atoms with Gasteiger partial charge in [0.2, 0.25) is 0 Å². The monoisotopic (exact) mass is 286 g/mol. The van der Waals surface area contributed by atoms with Gasteiger partial charge in [-0.25, -0.2) is 4.39 Å². The Labute approximate surface area is 114 Å². The number of halogens is 1. The summed E-state index contributed by atoms with van der Waals surface area (Å²) in [4.78, 5) is 21.0. The van der Waals surface area contributed by atoms with E-state index in [2.05, 4.69) is 5.32 Å². The Balaban J connectivity index is 2.97. The number of hydrogen-bond donors (Lipinski definition) is 2. The van der Waals surface area contributed by atoms with Crippen LogP contribution >= 0.6 is 0 Å². The van der Waals surface area contributed by atoms with Crippen LogP contribution in [0.15, 0.2) is 12.1 Å². The average Bonchev–Trinajstić information content (AvgIpc) is 2.38. The second kappa shape index (κ2) is 5.83. The van der Waals surface area contributed by atoms with Crippen LogP contribution in [0.5, 0.6) is 5.75 Å². The van der Waals surface area contributed by atoms with Crippen molar-refractivity contribution in [3.05, 3.63) is 33.6 Å². The first-order valence-electron chi connectivity index (χ1n) is 5.71. The van der Waals surface area contributed by atoms with Crippen molar-refractivity contribution in [2.45, 2.75) is 19.4 Å². The van der Waals surface area contributed by atoms with Crippen LogP contribution < -0.4 is 10.1 Å². The van der Waals surface area contributed by atoms with Gasteiger partial charge in [0, 0.05) is 5.56 Å². The highest BCUT2D eigenvalue weighted by atomic mass is 19.1. The van der Waals surface area contributed by atoms with Gasteiger partial charge in [0.25, 0.3) is 5.69 Å². The van der Waals surface area contributed by atoms with Crippen molar-refractivity contribution < 1.29 is 24.0 Å². The van der Waals surface area contributed by atoms with Gasteiger partial charge in [-0.2, -0.15) is 0 Å². The Kier molecular flexibility index (Phi) is 4.61. The van der Waals surface area contributed by atoms with Crippen LogP contribution in [-0.4, -0.2) is 35.2 Å². The molecule has 1 aromatic carbocycles. The first-order valence-corrected chi connectivity index (χ1v) is 5.71. The molecule has 1 atom stereocenters. The minimum absolute atomic E-state index is 0.226. The maximum Gasteiger partial charge on any atom is 0.327 e. The topological polar surface area (TPSA) is 102 Å². The zero-order chi connectivity index (χ0) is 15.5. The van der Waals surface area contributed by atoms with Crippen molar-refractivity contribution in [2.75, 3.05) is 13.7 Å². The highest BCUT2D eigenvalue weighted by Crippen LogP contribution is 2.27. The number of nitrogens with zero attached hydrogens (tertiary/aromatic N) is 1. The van der Waals surface area contributed by atoms with E-state index < -0.39 is 22.2 Å². The number of aliphatic carboxylic acids is 1. The van der Waals surface area contributed by atoms with E-state index >= 15 is 0 Å². The van der Waals surface area contributed by atoms with Gasteiger partial charge in [-0.3, -0.25) is 14.9 Å². The van der Waals surface area contributed by atoms with Crippen LogP contribution in [0.25, 0.3) is 0 Å². The zero-order valence-corrected chi connectivity index (χ0v) is 11.3. The summed E-state index contributed by atoms with van der Waals surface area (Å²) in [5, 5.41) is 22.2. The van der Waals surface area contributed by atoms with Gasteiger partial charge in [-0.05, 0) is 27.0 Å². The van der Waals surface area contributed by atoms with Crippen molar-refractivity contribution in [1.82, 2.24) is 5.32 Å². The van der Waals surface area contributed by atoms with Crippen LogP contribution in [0.2, 0.25) is 0 Å². The predicted octanol–water partition coefficient (Wildman–Crippen LogP) is 1.48. The summed E-state index contributed by atoms with van der Waals surface area (Å²) < 4.78 is 18.8. The normalized spacial score (nSPS) is 13.6. The Morgan fingerprint density at radius 2 is 2.20 bits per heavy atom. The molecule has 110 valence electrons. The number of carboxylic acid groups (broad SMARTS) is 1. The van der Waals surface area contributed by atoms with Gasteiger partial charge in [0.1, 0.15) is 12.1 Å². The fraction of sp³-hybridized carbons (Fsp3) is 0.417. The smallest absolute Gasteiger partial charge is 0.327 e. The van der Waals surface area contributed by atoms with E-state index in [4.69, 9.17) is 9.84 Å². The predicted molar refractivity (Wildman–Crippen MR) is 68.4 cm³/mol. The zero-order valence-electron chi connectivity index (χ0n) is 11.3. The second-order valence-electron chi connectivity index (χ2n) is 4.50. The molecule has 0 aliphatic heterocycles. The van der Waals surface area contributed by atoms with Crippen LogP contribution in [0, 0.1) is 22.9 Å². The van der Waals surface area contributed by atoms with Gasteiger partial charge in [0.15, 0.2) is 11.6 Å². The molecule has 1 rings (SSSR count). The molecule has 0 spiro atoms. The molecule has 20 heavy (non-hydrogen) atoms. The molecule has 0 bridgehead atoms. The van der Waals surface area contributed by atoms with E-state index in [0.717, 1.165) is 6.07 Å². The molecule has 0 aliphatic rings. The molecule has 2 N–H and O–H groups in total. The number of carboxylic acids is 1. The van der Waals surface area contributed by atoms with Crippen LogP contribution in [-0.2, 0) is 4.79 Å². The minimum atomic E-state index is -1.39. The van der Waals surface area contributed by atoms with Gasteiger partial charge in [0.05, 0.1) is 11.0 Å². The van der Waals surface area contributed by atoms with Crippen molar-refractivity contribution in [2.24, 2.45) is 0 Å². The van der Waals surface area contributed by atoms with E-state index in [1.165, 1.54) is 27.0 Å². The van der Waals surface area contributed by atoms with Crippen molar-refractivity contribution >= 4 is 11.7 Å². The molecule has 0 aromatic heterocycles. The standard InChI is InChI=1S/C12H15FN2O5/c1-7-4-10(8(13)5-9(7)15(18)19)20-6-12(2,14-3)11(16)17/h4-5,14H,6H2,1-3H3,(H,16,17). The lowest BCUT2D eigenvalue weighted by molar-refractivity contribution is -0.385. The van der Waals surface area contributed by atoms with Crippen molar-refractivity contribution in [1.29, 1.82) is 0 Å². The molecule has 7 nitrogen and oxygen atoms in total. The van der Waals surface area contributed by atoms with Crippen molar-refractivity contribution in [3.8, 4) is 5.75 Å². The second-order valence-corrected chi connectivity index (χ2v) is 4.50. The SMILES string of the molecule is CNC(C)(COc1cc(C)c([N+](=O)[O-])cc1F)C(=O)O. The minimum Gasteiger partial charge on any atom is -0.488 e. The molecule has 0 heterocycles. The Hall–Kier alpha value is -2.22. The molecule has 0 fully saturated rings. The molecule has 8 heteroatoms. The van der Waals surface area contributed by atoms with Crippen molar-refractivity contribution in [3.63, 3.8) is 0 Å². The summed E-state index contributed by atoms with van der Waals surface area (Å²) >= 11 is 0. The lowest BCUT2D eigenvalue weighted by atomic mass is 10.1. The summed E-state index contributed by atoms with van der Waals surface area (Å²) in [7, 11) is 1.44. The average molecular weight is 286 g/mol. The van der Waals surface area contributed by atoms with E-state index in [9.17, 15) is 19.3 Å². The van der Waals surface area contributed by atoms with E-state index in [-0.39, 0.29) is 23.6 Å². The van der Waals surface area contributed by atoms with Crippen LogP contribution in [0.4, 0.5) is 10.1 Å². The lowest BCUT2D eigenvalue weighted by Gasteiger charge is -2.24. The molecule has 0 amide bonds. The fourth-order valence-electron chi connectivity index (χ4n) is 1.41. The lowest BCUT2D eigenvalue weighted by Crippen LogP contribution is -2.52. The Bertz CT molecular complexity index is 549. The summed E-state index contributed by atoms with van der Waals surface area (Å²) in [5.41, 5.74) is -1.51. The third-order valence-electron chi connectivity index (χ3n) is 2.99. The highest BCUT2D eigenvalue weighted by molar-refractivity contribution is 5.78. The molecular weight excluding hydrogens is 271 g/mol. The van der Waals surface area contributed by atoms with E-state index in [1.54, 1.807) is 0 Å². The Morgan fingerprint density at radius 1 is 1.60 bits per heavy atom. The maximum absolute atomic E-state index is 13.7. The number of benzene rings is 1. The number of ether oxygens (including phenoxy) is 1. The van der Waals surface area contributed by atoms with Gasteiger partial charge in [-0.15, -0.1) is 0 Å². The largest absolute Gasteiger partial charge is 0.488 e. The number of hydrogen-bond acceptors (Lipinski definition) is 5. The highest BCUT2D eigenvalue weighted by Gasteiger charge is 2.32. The van der Waals surface area contributed by atoms with Gasteiger partial charge < -0.3 is 15.2 Å². The number of carbonyl (C=O) groups is 1. The number of aryl methyl sites for hydroxylation is 1. The first kappa shape index (κ1) is 15.8. The van der Waals surface area contributed by atoms with E-state index in [1.807, 2.05) is 0 Å². The van der Waals surface area contributed by atoms with E-state index in [0.29, 0.717) is 0 Å². The number of nitrogens with one attached hydrogen (secondary N) is 1. The van der Waals surface area contributed by atoms with Crippen LogP contribution in [0.3, 0.4) is 0 Å². The molecular formula is C12H15FN2O5. The summed E-state index contributed by atoms with van der Waals surface area (Å²) in [6.45, 7) is 2.50. The summed E-state index contributed by atoms with van der Waals surface area (Å²) in [6.07, 6.45) is 0. The number of rotatable bonds is 6. The first-order chi connectivity index (χ1) is 9.21. The third-order valence-corrected chi connectivity index (χ3v) is 2.99. The Morgan fingerprint density at radius 3 is 2.65 bits per heavy atom. The quantitative estimate of drug-likeness (QED) is 0.606.